The van der Waals surface area contributed by atoms with E-state index in [0.29, 0.717) is 22.1 Å². The van der Waals surface area contributed by atoms with E-state index in [1.54, 1.807) is 17.0 Å². The minimum Gasteiger partial charge on any atom is -0.444 e. The smallest absolute Gasteiger partial charge is 0.295 e. The first kappa shape index (κ1) is 18.6. The fourth-order valence-electron chi connectivity index (χ4n) is 2.39. The van der Waals surface area contributed by atoms with Gasteiger partial charge < -0.3 is 9.32 Å². The van der Waals surface area contributed by atoms with Gasteiger partial charge in [0.05, 0.1) is 10.2 Å². The number of carbonyl (C=O) groups is 1. The summed E-state index contributed by atoms with van der Waals surface area (Å²) in [6.45, 7) is 1.47. The van der Waals surface area contributed by atoms with Gasteiger partial charge in [-0.3, -0.25) is 9.69 Å². The van der Waals surface area contributed by atoms with E-state index in [-0.39, 0.29) is 5.91 Å². The average Bonchev–Trinajstić information content (AvgIpc) is 3.16. The van der Waals surface area contributed by atoms with Crippen LogP contribution in [-0.2, 0) is 0 Å². The van der Waals surface area contributed by atoms with Gasteiger partial charge in [-0.2, -0.15) is 0 Å². The predicted molar refractivity (Wildman–Crippen MR) is 109 cm³/mol. The Bertz CT molecular complexity index is 891. The molecule has 0 aliphatic heterocycles. The first-order valence-corrected chi connectivity index (χ1v) is 10.1. The fraction of sp³-hybridized carbons (Fsp3) is 0.294. The molecule has 0 N–H and O–H groups in total. The minimum atomic E-state index is -0.178. The van der Waals surface area contributed by atoms with Crippen LogP contribution in [0.4, 0.5) is 5.13 Å². The van der Waals surface area contributed by atoms with Gasteiger partial charge in [0.15, 0.2) is 15.6 Å². The number of carbonyl (C=O) groups excluding carboxylic acids is 1. The van der Waals surface area contributed by atoms with Crippen molar-refractivity contribution in [2.45, 2.75) is 6.42 Å². The highest BCUT2D eigenvalue weighted by Gasteiger charge is 2.23. The van der Waals surface area contributed by atoms with Crippen LogP contribution in [0.5, 0.6) is 0 Å². The first-order valence-electron chi connectivity index (χ1n) is 7.72. The van der Waals surface area contributed by atoms with Gasteiger partial charge in [0.1, 0.15) is 0 Å². The maximum atomic E-state index is 12.9. The van der Waals surface area contributed by atoms with Crippen LogP contribution in [0.3, 0.4) is 0 Å². The Morgan fingerprint density at radius 3 is 2.68 bits per heavy atom. The summed E-state index contributed by atoms with van der Waals surface area (Å²) in [6.07, 6.45) is 0.847. The van der Waals surface area contributed by atoms with Crippen molar-refractivity contribution in [2.24, 2.45) is 0 Å². The van der Waals surface area contributed by atoms with Crippen LogP contribution in [-0.4, -0.2) is 43.0 Å². The van der Waals surface area contributed by atoms with Gasteiger partial charge in [0.25, 0.3) is 5.91 Å². The van der Waals surface area contributed by atoms with Crippen LogP contribution < -0.4 is 4.90 Å². The molecule has 2 aromatic heterocycles. The Labute approximate surface area is 166 Å². The molecule has 25 heavy (non-hydrogen) atoms. The molecule has 8 heteroatoms. The summed E-state index contributed by atoms with van der Waals surface area (Å²) in [5, 5.41) is 0.685. The molecule has 1 amide bonds. The molecule has 0 saturated heterocycles. The van der Waals surface area contributed by atoms with E-state index in [2.05, 4.69) is 41.7 Å². The van der Waals surface area contributed by atoms with Gasteiger partial charge in [-0.05, 0) is 73.3 Å². The molecule has 2 heterocycles. The second kappa shape index (κ2) is 7.99. The lowest BCUT2D eigenvalue weighted by molar-refractivity contribution is 0.0958. The van der Waals surface area contributed by atoms with Crippen LogP contribution in [0.25, 0.3) is 10.2 Å². The summed E-state index contributed by atoms with van der Waals surface area (Å²) in [5.41, 5.74) is 0.884. The lowest BCUT2D eigenvalue weighted by Crippen LogP contribution is -2.33. The maximum Gasteiger partial charge on any atom is 0.295 e. The first-order chi connectivity index (χ1) is 11.9. The molecular formula is C17H17Br2N3O2S. The monoisotopic (exact) mass is 485 g/mol. The van der Waals surface area contributed by atoms with E-state index in [1.165, 1.54) is 11.3 Å². The Morgan fingerprint density at radius 2 is 2.00 bits per heavy atom. The van der Waals surface area contributed by atoms with Crippen LogP contribution >= 0.6 is 43.2 Å². The molecule has 5 nitrogen and oxygen atoms in total. The number of halogens is 2. The number of thiazole rings is 1. The number of aromatic nitrogens is 1. The number of hydrogen-bond donors (Lipinski definition) is 0. The van der Waals surface area contributed by atoms with Crippen LogP contribution in [0.15, 0.2) is 43.9 Å². The Kier molecular flexibility index (Phi) is 5.93. The lowest BCUT2D eigenvalue weighted by atomic mass is 10.3. The highest BCUT2D eigenvalue weighted by Crippen LogP contribution is 2.32. The fourth-order valence-corrected chi connectivity index (χ4v) is 4.24. The number of hydrogen-bond acceptors (Lipinski definition) is 5. The number of benzene rings is 1. The van der Waals surface area contributed by atoms with Gasteiger partial charge in [-0.1, -0.05) is 27.3 Å². The molecule has 0 fully saturated rings. The van der Waals surface area contributed by atoms with E-state index in [4.69, 9.17) is 4.42 Å². The minimum absolute atomic E-state index is 0.178. The summed E-state index contributed by atoms with van der Waals surface area (Å²) in [4.78, 5) is 21.4. The second-order valence-corrected chi connectivity index (χ2v) is 8.53. The summed E-state index contributed by atoms with van der Waals surface area (Å²) >= 11 is 8.23. The third-order valence-corrected chi connectivity index (χ3v) is 5.55. The summed E-state index contributed by atoms with van der Waals surface area (Å²) in [5.74, 6) is 0.125. The Balaban J connectivity index is 1.92. The second-order valence-electron chi connectivity index (χ2n) is 5.83. The van der Waals surface area contributed by atoms with Crippen molar-refractivity contribution >= 4 is 64.5 Å². The number of rotatable bonds is 6. The molecule has 1 aromatic carbocycles. The van der Waals surface area contributed by atoms with E-state index >= 15 is 0 Å². The highest BCUT2D eigenvalue weighted by molar-refractivity contribution is 9.10. The predicted octanol–water partition coefficient (Wildman–Crippen LogP) is 5.01. The average molecular weight is 487 g/mol. The number of amides is 1. The molecule has 0 unspecified atom stereocenters. The third-order valence-electron chi connectivity index (χ3n) is 3.59. The SMILES string of the molecule is CN(C)CCCN(C(=O)c1ccc(Br)o1)c1nc2ccc(Br)cc2s1. The van der Waals surface area contributed by atoms with Crippen molar-refractivity contribution in [1.29, 1.82) is 0 Å². The van der Waals surface area contributed by atoms with Crippen molar-refractivity contribution in [3.63, 3.8) is 0 Å². The van der Waals surface area contributed by atoms with Crippen molar-refractivity contribution in [1.82, 2.24) is 9.88 Å². The quantitative estimate of drug-likeness (QED) is 0.491. The van der Waals surface area contributed by atoms with Gasteiger partial charge >= 0.3 is 0 Å². The summed E-state index contributed by atoms with van der Waals surface area (Å²) < 4.78 is 8.03. The van der Waals surface area contributed by atoms with Crippen molar-refractivity contribution < 1.29 is 9.21 Å². The third kappa shape index (κ3) is 4.49. The number of anilines is 1. The van der Waals surface area contributed by atoms with Crippen LogP contribution in [0.2, 0.25) is 0 Å². The zero-order valence-corrected chi connectivity index (χ0v) is 17.8. The molecule has 0 radical (unpaired) electrons. The van der Waals surface area contributed by atoms with E-state index < -0.39 is 0 Å². The standard InChI is InChI=1S/C17H17Br2N3O2S/c1-21(2)8-3-9-22(16(23)13-6-7-15(19)24-13)17-20-12-5-4-11(18)10-14(12)25-17/h4-7,10H,3,8-9H2,1-2H3. The molecular weight excluding hydrogens is 470 g/mol. The largest absolute Gasteiger partial charge is 0.444 e. The lowest BCUT2D eigenvalue weighted by Gasteiger charge is -2.19. The van der Waals surface area contributed by atoms with Crippen molar-refractivity contribution in [3.05, 3.63) is 45.2 Å². The molecule has 0 spiro atoms. The number of nitrogens with zero attached hydrogens (tertiary/aromatic N) is 3. The molecule has 3 aromatic rings. The summed E-state index contributed by atoms with van der Waals surface area (Å²) in [6, 6.07) is 9.32. The van der Waals surface area contributed by atoms with Crippen molar-refractivity contribution in [3.8, 4) is 0 Å². The summed E-state index contributed by atoms with van der Waals surface area (Å²) in [7, 11) is 4.04. The zero-order valence-electron chi connectivity index (χ0n) is 13.8. The van der Waals surface area contributed by atoms with Gasteiger partial charge in [-0.15, -0.1) is 0 Å². The van der Waals surface area contributed by atoms with E-state index in [0.717, 1.165) is 27.7 Å². The molecule has 3 rings (SSSR count). The molecule has 0 atom stereocenters. The van der Waals surface area contributed by atoms with E-state index in [9.17, 15) is 4.79 Å². The topological polar surface area (TPSA) is 49.6 Å². The van der Waals surface area contributed by atoms with Crippen molar-refractivity contribution in [2.75, 3.05) is 32.1 Å². The van der Waals surface area contributed by atoms with Gasteiger partial charge in [-0.25, -0.2) is 4.98 Å². The zero-order chi connectivity index (χ0) is 18.0. The van der Waals surface area contributed by atoms with Gasteiger partial charge in [0.2, 0.25) is 0 Å². The van der Waals surface area contributed by atoms with E-state index in [1.807, 2.05) is 32.3 Å². The van der Waals surface area contributed by atoms with Gasteiger partial charge in [0, 0.05) is 11.0 Å². The van der Waals surface area contributed by atoms with Crippen LogP contribution in [0.1, 0.15) is 17.0 Å². The normalized spacial score (nSPS) is 11.4. The molecule has 0 aliphatic rings. The molecule has 0 bridgehead atoms. The molecule has 0 aliphatic carbocycles. The maximum absolute atomic E-state index is 12.9. The number of furan rings is 1. The molecule has 0 saturated carbocycles. The van der Waals surface area contributed by atoms with Crippen LogP contribution in [0, 0.1) is 0 Å². The highest BCUT2D eigenvalue weighted by atomic mass is 79.9. The molecule has 132 valence electrons. The Morgan fingerprint density at radius 1 is 1.20 bits per heavy atom. The number of fused-ring (bicyclic) bond motifs is 1. The Hall–Kier alpha value is -1.22.